The summed E-state index contributed by atoms with van der Waals surface area (Å²) in [7, 11) is 2.08. The molecule has 2 saturated heterocycles. The summed E-state index contributed by atoms with van der Waals surface area (Å²) in [5, 5.41) is 0.769. The number of hydrogen-bond acceptors (Lipinski definition) is 3. The number of hydrogen-bond donors (Lipinski definition) is 0. The van der Waals surface area contributed by atoms with E-state index in [0.29, 0.717) is 22.2 Å². The van der Waals surface area contributed by atoms with Crippen molar-refractivity contribution in [3.63, 3.8) is 0 Å². The number of amides is 3. The molecule has 2 heterocycles. The van der Waals surface area contributed by atoms with Gasteiger partial charge in [-0.1, -0.05) is 51.3 Å². The zero-order valence-electron chi connectivity index (χ0n) is 17.4. The average Bonchev–Trinajstić information content (AvgIpc) is 2.89. The predicted octanol–water partition coefficient (Wildman–Crippen LogP) is 5.62. The Hall–Kier alpha value is -1.60. The number of rotatable bonds is 4. The number of carbonyl (C=O) groups excluding carboxylic acids is 2. The third-order valence-corrected chi connectivity index (χ3v) is 7.18. The summed E-state index contributed by atoms with van der Waals surface area (Å²) < 4.78 is 0.970. The smallest absolute Gasteiger partial charge is 0.306 e. The normalized spacial score (nSPS) is 23.1. The maximum Gasteiger partial charge on any atom is 0.332 e. The monoisotopic (exact) mass is 523 g/mol. The minimum Gasteiger partial charge on any atom is -0.306 e. The third-order valence-electron chi connectivity index (χ3n) is 6.21. The van der Waals surface area contributed by atoms with Gasteiger partial charge in [0.25, 0.3) is 5.91 Å². The molecule has 0 bridgehead atoms. The molecule has 0 unspecified atom stereocenters. The number of halogens is 3. The quantitative estimate of drug-likeness (QED) is 0.487. The fraction of sp³-hybridized carbons (Fsp3) is 0.391. The SMILES string of the molecule is CN1CCC(N2C(=O)N(c3cc(Cl)cc(Cl)c3)C(=O)[C@@]2(C)Cc2ccc(Br)cc2)CC1. The number of nitrogens with zero attached hydrogens (tertiary/aromatic N) is 3. The van der Waals surface area contributed by atoms with Gasteiger partial charge in [0.1, 0.15) is 5.54 Å². The largest absolute Gasteiger partial charge is 0.332 e. The number of benzene rings is 2. The predicted molar refractivity (Wildman–Crippen MR) is 128 cm³/mol. The van der Waals surface area contributed by atoms with E-state index >= 15 is 0 Å². The van der Waals surface area contributed by atoms with Gasteiger partial charge in [0.05, 0.1) is 5.69 Å². The van der Waals surface area contributed by atoms with Crippen molar-refractivity contribution in [2.75, 3.05) is 25.0 Å². The van der Waals surface area contributed by atoms with Crippen LogP contribution in [0.25, 0.3) is 0 Å². The molecule has 8 heteroatoms. The molecule has 0 radical (unpaired) electrons. The number of carbonyl (C=O) groups is 2. The highest BCUT2D eigenvalue weighted by Crippen LogP contribution is 2.39. The molecule has 2 aliphatic heterocycles. The van der Waals surface area contributed by atoms with E-state index in [9.17, 15) is 9.59 Å². The molecule has 4 rings (SSSR count). The maximum atomic E-state index is 13.8. The lowest BCUT2D eigenvalue weighted by molar-refractivity contribution is -0.125. The molecule has 1 atom stereocenters. The summed E-state index contributed by atoms with van der Waals surface area (Å²) in [6.45, 7) is 3.65. The fourth-order valence-corrected chi connectivity index (χ4v) is 5.40. The summed E-state index contributed by atoms with van der Waals surface area (Å²) in [5.74, 6) is -0.252. The average molecular weight is 525 g/mol. The molecule has 0 aromatic heterocycles. The molecule has 0 aliphatic carbocycles. The number of imide groups is 1. The van der Waals surface area contributed by atoms with Crippen LogP contribution in [-0.2, 0) is 11.2 Å². The molecule has 0 saturated carbocycles. The van der Waals surface area contributed by atoms with Gasteiger partial charge in [-0.3, -0.25) is 4.79 Å². The second-order valence-electron chi connectivity index (χ2n) is 8.53. The Morgan fingerprint density at radius 1 is 1.03 bits per heavy atom. The van der Waals surface area contributed by atoms with Gasteiger partial charge in [-0.15, -0.1) is 0 Å². The zero-order valence-corrected chi connectivity index (χ0v) is 20.5. The van der Waals surface area contributed by atoms with Crippen LogP contribution in [0.3, 0.4) is 0 Å². The van der Waals surface area contributed by atoms with Crippen molar-refractivity contribution in [2.24, 2.45) is 0 Å². The first kappa shape index (κ1) is 22.6. The van der Waals surface area contributed by atoms with Crippen molar-refractivity contribution in [1.29, 1.82) is 0 Å². The van der Waals surface area contributed by atoms with E-state index in [1.807, 2.05) is 31.2 Å². The van der Waals surface area contributed by atoms with Gasteiger partial charge in [-0.25, -0.2) is 9.69 Å². The summed E-state index contributed by atoms with van der Waals surface area (Å²) in [5.41, 5.74) is 0.404. The molecule has 3 amide bonds. The molecule has 5 nitrogen and oxygen atoms in total. The third kappa shape index (κ3) is 4.36. The van der Waals surface area contributed by atoms with E-state index in [1.165, 1.54) is 4.90 Å². The molecule has 0 spiro atoms. The van der Waals surface area contributed by atoms with Gasteiger partial charge >= 0.3 is 6.03 Å². The fourth-order valence-electron chi connectivity index (χ4n) is 4.62. The molecule has 0 N–H and O–H groups in total. The Labute approximate surface area is 201 Å². The molecular formula is C23H24BrCl2N3O2. The Kier molecular flexibility index (Phi) is 6.37. The van der Waals surface area contributed by atoms with E-state index in [4.69, 9.17) is 23.2 Å². The summed E-state index contributed by atoms with van der Waals surface area (Å²) in [6, 6.07) is 12.4. The van der Waals surface area contributed by atoms with Crippen molar-refractivity contribution in [3.05, 3.63) is 62.5 Å². The van der Waals surface area contributed by atoms with E-state index < -0.39 is 5.54 Å². The van der Waals surface area contributed by atoms with Crippen LogP contribution in [0.5, 0.6) is 0 Å². The first-order chi connectivity index (χ1) is 14.7. The number of likely N-dealkylation sites (tertiary alicyclic amines) is 1. The standard InChI is InChI=1S/C23H24BrCl2N3O2/c1-23(14-15-3-5-16(24)6-4-15)21(30)28(20-12-17(25)11-18(26)13-20)22(31)29(23)19-7-9-27(2)10-8-19/h3-6,11-13,19H,7-10,14H2,1-2H3/t23-/m1/s1. The first-order valence-electron chi connectivity index (χ1n) is 10.3. The van der Waals surface area contributed by atoms with Gasteiger partial charge in [0, 0.05) is 27.0 Å². The van der Waals surface area contributed by atoms with Crippen LogP contribution in [0.1, 0.15) is 25.3 Å². The summed E-state index contributed by atoms with van der Waals surface area (Å²) >= 11 is 15.8. The van der Waals surface area contributed by atoms with Crippen LogP contribution in [0.4, 0.5) is 10.5 Å². The molecular weight excluding hydrogens is 501 g/mol. The van der Waals surface area contributed by atoms with Crippen molar-refractivity contribution >= 4 is 56.8 Å². The molecule has 2 aliphatic rings. The highest BCUT2D eigenvalue weighted by molar-refractivity contribution is 9.10. The lowest BCUT2D eigenvalue weighted by Gasteiger charge is -2.41. The van der Waals surface area contributed by atoms with Gasteiger partial charge in [0.15, 0.2) is 0 Å². The van der Waals surface area contributed by atoms with E-state index in [0.717, 1.165) is 36.0 Å². The Morgan fingerprint density at radius 3 is 2.19 bits per heavy atom. The lowest BCUT2D eigenvalue weighted by atomic mass is 9.88. The van der Waals surface area contributed by atoms with E-state index in [-0.39, 0.29) is 18.0 Å². The van der Waals surface area contributed by atoms with Gasteiger partial charge < -0.3 is 9.80 Å². The Balaban J connectivity index is 1.76. The van der Waals surface area contributed by atoms with Crippen molar-refractivity contribution in [1.82, 2.24) is 9.80 Å². The van der Waals surface area contributed by atoms with E-state index in [1.54, 1.807) is 23.1 Å². The Morgan fingerprint density at radius 2 is 1.61 bits per heavy atom. The number of urea groups is 1. The van der Waals surface area contributed by atoms with Crippen molar-refractivity contribution < 1.29 is 9.59 Å². The highest BCUT2D eigenvalue weighted by atomic mass is 79.9. The van der Waals surface area contributed by atoms with E-state index in [2.05, 4.69) is 27.9 Å². The molecule has 2 fully saturated rings. The molecule has 31 heavy (non-hydrogen) atoms. The highest BCUT2D eigenvalue weighted by Gasteiger charge is 2.57. The lowest BCUT2D eigenvalue weighted by Crippen LogP contribution is -2.55. The molecule has 2 aromatic rings. The van der Waals surface area contributed by atoms with Crippen LogP contribution < -0.4 is 4.90 Å². The Bertz CT molecular complexity index is 988. The summed E-state index contributed by atoms with van der Waals surface area (Å²) in [4.78, 5) is 32.8. The number of piperidine rings is 1. The second-order valence-corrected chi connectivity index (χ2v) is 10.3. The summed E-state index contributed by atoms with van der Waals surface area (Å²) in [6.07, 6.45) is 2.09. The topological polar surface area (TPSA) is 43.9 Å². The van der Waals surface area contributed by atoms with Gasteiger partial charge in [0.2, 0.25) is 0 Å². The molecule has 164 valence electrons. The molecule has 2 aromatic carbocycles. The van der Waals surface area contributed by atoms with Crippen LogP contribution >= 0.6 is 39.1 Å². The maximum absolute atomic E-state index is 13.8. The van der Waals surface area contributed by atoms with Gasteiger partial charge in [-0.2, -0.15) is 0 Å². The van der Waals surface area contributed by atoms with Crippen molar-refractivity contribution in [3.8, 4) is 0 Å². The van der Waals surface area contributed by atoms with Crippen molar-refractivity contribution in [2.45, 2.75) is 37.8 Å². The second kappa shape index (κ2) is 8.74. The van der Waals surface area contributed by atoms with Crippen LogP contribution in [-0.4, -0.2) is 53.5 Å². The zero-order chi connectivity index (χ0) is 22.3. The van der Waals surface area contributed by atoms with Crippen LogP contribution in [0, 0.1) is 0 Å². The van der Waals surface area contributed by atoms with Gasteiger partial charge in [-0.05, 0) is 75.8 Å². The minimum absolute atomic E-state index is 0.00671. The first-order valence-corrected chi connectivity index (χ1v) is 11.8. The van der Waals surface area contributed by atoms with Crippen LogP contribution in [0.2, 0.25) is 10.0 Å². The number of anilines is 1. The minimum atomic E-state index is -1.000. The van der Waals surface area contributed by atoms with Crippen LogP contribution in [0.15, 0.2) is 46.9 Å².